The fraction of sp³-hybridized carbons (Fsp3) is 0.467. The molecule has 6 nitrogen and oxygen atoms in total. The lowest BCUT2D eigenvalue weighted by molar-refractivity contribution is 0.110. The van der Waals surface area contributed by atoms with Gasteiger partial charge < -0.3 is 20.3 Å². The summed E-state index contributed by atoms with van der Waals surface area (Å²) in [4.78, 5) is 24.8. The monoisotopic (exact) mass is 291 g/mol. The zero-order valence-electron chi connectivity index (χ0n) is 12.2. The molecule has 1 aromatic carbocycles. The third-order valence-electron chi connectivity index (χ3n) is 3.56. The van der Waals surface area contributed by atoms with Gasteiger partial charge in [-0.1, -0.05) is 30.3 Å². The van der Waals surface area contributed by atoms with Crippen molar-refractivity contribution in [3.63, 3.8) is 0 Å². The van der Waals surface area contributed by atoms with E-state index in [1.165, 1.54) is 7.11 Å². The summed E-state index contributed by atoms with van der Waals surface area (Å²) in [7, 11) is 1.38. The number of methoxy groups -OCH3 is 1. The lowest BCUT2D eigenvalue weighted by Crippen LogP contribution is -2.49. The van der Waals surface area contributed by atoms with Gasteiger partial charge in [0.1, 0.15) is 0 Å². The molecule has 2 rings (SSSR count). The summed E-state index contributed by atoms with van der Waals surface area (Å²) in [6.07, 6.45) is 1.18. The molecule has 21 heavy (non-hydrogen) atoms. The Kier molecular flexibility index (Phi) is 5.43. The third kappa shape index (κ3) is 4.66. The molecule has 0 aromatic heterocycles. The maximum Gasteiger partial charge on any atom is 0.409 e. The molecule has 0 atom stereocenters. The van der Waals surface area contributed by atoms with E-state index in [2.05, 4.69) is 15.4 Å². The van der Waals surface area contributed by atoms with E-state index < -0.39 is 0 Å². The summed E-state index contributed by atoms with van der Waals surface area (Å²) < 4.78 is 4.68. The first kappa shape index (κ1) is 15.2. The molecule has 1 aliphatic rings. The number of likely N-dealkylation sites (tertiary alicyclic amines) is 1. The highest BCUT2D eigenvalue weighted by molar-refractivity contribution is 5.74. The van der Waals surface area contributed by atoms with Gasteiger partial charge in [0.2, 0.25) is 0 Å². The molecule has 0 unspecified atom stereocenters. The van der Waals surface area contributed by atoms with Gasteiger partial charge in [-0.2, -0.15) is 0 Å². The van der Waals surface area contributed by atoms with E-state index in [9.17, 15) is 9.59 Å². The minimum atomic E-state index is -0.304. The number of carbonyl (C=O) groups excluding carboxylic acids is 2. The molecular formula is C15H21N3O3. The van der Waals surface area contributed by atoms with Gasteiger partial charge in [-0.15, -0.1) is 0 Å². The van der Waals surface area contributed by atoms with Gasteiger partial charge in [-0.3, -0.25) is 0 Å². The van der Waals surface area contributed by atoms with Crippen molar-refractivity contribution in [2.45, 2.75) is 25.4 Å². The molecule has 0 radical (unpaired) electrons. The molecule has 2 N–H and O–H groups in total. The number of piperidine rings is 1. The SMILES string of the molecule is COC(=O)N1CCC(NC(=O)NCc2ccccc2)CC1. The van der Waals surface area contributed by atoms with E-state index in [0.717, 1.165) is 18.4 Å². The van der Waals surface area contributed by atoms with E-state index in [0.29, 0.717) is 19.6 Å². The van der Waals surface area contributed by atoms with Gasteiger partial charge in [0, 0.05) is 25.7 Å². The lowest BCUT2D eigenvalue weighted by Gasteiger charge is -2.31. The third-order valence-corrected chi connectivity index (χ3v) is 3.56. The Morgan fingerprint density at radius 2 is 1.90 bits per heavy atom. The maximum absolute atomic E-state index is 11.8. The number of amides is 3. The van der Waals surface area contributed by atoms with E-state index in [1.807, 2.05) is 30.3 Å². The highest BCUT2D eigenvalue weighted by Gasteiger charge is 2.23. The van der Waals surface area contributed by atoms with Crippen molar-refractivity contribution in [3.8, 4) is 0 Å². The molecule has 0 bridgehead atoms. The van der Waals surface area contributed by atoms with E-state index in [-0.39, 0.29) is 18.2 Å². The van der Waals surface area contributed by atoms with Gasteiger partial charge in [0.05, 0.1) is 7.11 Å². The molecule has 0 aliphatic carbocycles. The van der Waals surface area contributed by atoms with Crippen LogP contribution < -0.4 is 10.6 Å². The summed E-state index contributed by atoms with van der Waals surface area (Å²) in [6.45, 7) is 1.72. The topological polar surface area (TPSA) is 70.7 Å². The molecule has 114 valence electrons. The highest BCUT2D eigenvalue weighted by atomic mass is 16.5. The van der Waals surface area contributed by atoms with Crippen molar-refractivity contribution in [2.75, 3.05) is 20.2 Å². The summed E-state index contributed by atoms with van der Waals surface area (Å²) in [5.74, 6) is 0. The fourth-order valence-electron chi connectivity index (χ4n) is 2.35. The van der Waals surface area contributed by atoms with E-state index >= 15 is 0 Å². The summed E-state index contributed by atoms with van der Waals surface area (Å²) in [5, 5.41) is 5.77. The molecule has 1 saturated heterocycles. The van der Waals surface area contributed by atoms with Gasteiger partial charge >= 0.3 is 12.1 Å². The smallest absolute Gasteiger partial charge is 0.409 e. The zero-order chi connectivity index (χ0) is 15.1. The average Bonchev–Trinajstić information content (AvgIpc) is 2.54. The van der Waals surface area contributed by atoms with Gasteiger partial charge in [0.25, 0.3) is 0 Å². The molecule has 0 saturated carbocycles. The first-order chi connectivity index (χ1) is 10.2. The molecule has 3 amide bonds. The maximum atomic E-state index is 11.8. The van der Waals surface area contributed by atoms with Crippen LogP contribution in [0.5, 0.6) is 0 Å². The van der Waals surface area contributed by atoms with Crippen LogP contribution in [0, 0.1) is 0 Å². The Balaban J connectivity index is 1.68. The number of nitrogens with one attached hydrogen (secondary N) is 2. The van der Waals surface area contributed by atoms with Gasteiger partial charge in [-0.05, 0) is 18.4 Å². The van der Waals surface area contributed by atoms with Crippen molar-refractivity contribution < 1.29 is 14.3 Å². The first-order valence-electron chi connectivity index (χ1n) is 7.10. The van der Waals surface area contributed by atoms with E-state index in [1.54, 1.807) is 4.90 Å². The van der Waals surface area contributed by atoms with Crippen LogP contribution in [0.3, 0.4) is 0 Å². The van der Waals surface area contributed by atoms with Gasteiger partial charge in [-0.25, -0.2) is 9.59 Å². The average molecular weight is 291 g/mol. The Morgan fingerprint density at radius 1 is 1.24 bits per heavy atom. The lowest BCUT2D eigenvalue weighted by atomic mass is 10.1. The number of carbonyl (C=O) groups is 2. The Bertz CT molecular complexity index is 470. The second-order valence-electron chi connectivity index (χ2n) is 5.04. The Morgan fingerprint density at radius 3 is 2.52 bits per heavy atom. The molecule has 1 fully saturated rings. The molecule has 1 aliphatic heterocycles. The standard InChI is InChI=1S/C15H21N3O3/c1-21-15(20)18-9-7-13(8-10-18)17-14(19)16-11-12-5-3-2-4-6-12/h2-6,13H,7-11H2,1H3,(H2,16,17,19). The number of benzene rings is 1. The predicted octanol–water partition coefficient (Wildman–Crippen LogP) is 1.72. The second-order valence-corrected chi connectivity index (χ2v) is 5.04. The fourth-order valence-corrected chi connectivity index (χ4v) is 2.35. The van der Waals surface area contributed by atoms with Crippen LogP contribution in [-0.2, 0) is 11.3 Å². The van der Waals surface area contributed by atoms with Crippen molar-refractivity contribution >= 4 is 12.1 Å². The molecule has 1 aromatic rings. The Hall–Kier alpha value is -2.24. The van der Waals surface area contributed by atoms with Crippen LogP contribution in [0.25, 0.3) is 0 Å². The summed E-state index contributed by atoms with van der Waals surface area (Å²) in [5.41, 5.74) is 1.06. The number of hydrogen-bond donors (Lipinski definition) is 2. The summed E-state index contributed by atoms with van der Waals surface area (Å²) >= 11 is 0. The van der Waals surface area contributed by atoms with Crippen LogP contribution >= 0.6 is 0 Å². The van der Waals surface area contributed by atoms with Crippen LogP contribution in [0.15, 0.2) is 30.3 Å². The van der Waals surface area contributed by atoms with Crippen molar-refractivity contribution in [3.05, 3.63) is 35.9 Å². The predicted molar refractivity (Wildman–Crippen MR) is 78.8 cm³/mol. The largest absolute Gasteiger partial charge is 0.453 e. The van der Waals surface area contributed by atoms with Crippen LogP contribution in [-0.4, -0.2) is 43.3 Å². The molecule has 0 spiro atoms. The quantitative estimate of drug-likeness (QED) is 0.890. The number of ether oxygens (including phenoxy) is 1. The summed E-state index contributed by atoms with van der Waals surface area (Å²) in [6, 6.07) is 9.69. The highest BCUT2D eigenvalue weighted by Crippen LogP contribution is 2.11. The number of hydrogen-bond acceptors (Lipinski definition) is 3. The van der Waals surface area contributed by atoms with Crippen LogP contribution in [0.4, 0.5) is 9.59 Å². The molecular weight excluding hydrogens is 270 g/mol. The van der Waals surface area contributed by atoms with Crippen molar-refractivity contribution in [2.24, 2.45) is 0 Å². The van der Waals surface area contributed by atoms with Crippen molar-refractivity contribution in [1.82, 2.24) is 15.5 Å². The van der Waals surface area contributed by atoms with Crippen LogP contribution in [0.2, 0.25) is 0 Å². The minimum absolute atomic E-state index is 0.0988. The van der Waals surface area contributed by atoms with Gasteiger partial charge in [0.15, 0.2) is 0 Å². The normalized spacial score (nSPS) is 15.4. The Labute approximate surface area is 124 Å². The second kappa shape index (κ2) is 7.52. The molecule has 1 heterocycles. The number of urea groups is 1. The number of nitrogens with zero attached hydrogens (tertiary/aromatic N) is 1. The van der Waals surface area contributed by atoms with Crippen molar-refractivity contribution in [1.29, 1.82) is 0 Å². The van der Waals surface area contributed by atoms with E-state index in [4.69, 9.17) is 0 Å². The van der Waals surface area contributed by atoms with Crippen LogP contribution in [0.1, 0.15) is 18.4 Å². The number of rotatable bonds is 3. The molecule has 6 heteroatoms. The first-order valence-corrected chi connectivity index (χ1v) is 7.10. The minimum Gasteiger partial charge on any atom is -0.453 e. The zero-order valence-corrected chi connectivity index (χ0v) is 12.2.